The molecule has 0 spiro atoms. The number of esters is 1. The van der Waals surface area contributed by atoms with Gasteiger partial charge in [0, 0.05) is 10.0 Å². The lowest BCUT2D eigenvalue weighted by molar-refractivity contribution is 0.0600. The number of carbonyl (C=O) groups is 1. The molecule has 0 N–H and O–H groups in total. The van der Waals surface area contributed by atoms with Gasteiger partial charge in [-0.25, -0.2) is 4.79 Å². The van der Waals surface area contributed by atoms with Gasteiger partial charge in [-0.2, -0.15) is 5.26 Å². The summed E-state index contributed by atoms with van der Waals surface area (Å²) < 4.78 is 11.1. The predicted octanol–water partition coefficient (Wildman–Crippen LogP) is 3.69. The fourth-order valence-electron chi connectivity index (χ4n) is 1.73. The van der Waals surface area contributed by atoms with E-state index in [1.54, 1.807) is 42.5 Å². The molecule has 0 aliphatic rings. The second-order valence-corrected chi connectivity index (χ2v) is 5.08. The van der Waals surface area contributed by atoms with E-state index in [0.717, 1.165) is 10.0 Å². The lowest BCUT2D eigenvalue weighted by Gasteiger charge is -2.09. The van der Waals surface area contributed by atoms with E-state index < -0.39 is 0 Å². The van der Waals surface area contributed by atoms with Crippen molar-refractivity contribution in [1.82, 2.24) is 0 Å². The summed E-state index contributed by atoms with van der Waals surface area (Å²) in [6, 6.07) is 14.2. The van der Waals surface area contributed by atoms with Crippen LogP contribution in [0.15, 0.2) is 46.9 Å². The molecule has 0 saturated heterocycles. The number of hydrogen-bond acceptors (Lipinski definition) is 4. The lowest BCUT2D eigenvalue weighted by atomic mass is 10.1. The van der Waals surface area contributed by atoms with E-state index in [9.17, 15) is 4.79 Å². The number of hydrogen-bond donors (Lipinski definition) is 0. The van der Waals surface area contributed by atoms with Crippen LogP contribution in [0.3, 0.4) is 0 Å². The maximum absolute atomic E-state index is 11.4. The Morgan fingerprint density at radius 1 is 1.29 bits per heavy atom. The molecule has 2 rings (SSSR count). The number of nitriles is 1. The summed E-state index contributed by atoms with van der Waals surface area (Å²) in [6.45, 7) is 0.330. The molecule has 0 amide bonds. The van der Waals surface area contributed by atoms with E-state index in [1.807, 2.05) is 0 Å². The Morgan fingerprint density at radius 3 is 2.76 bits per heavy atom. The Bertz CT molecular complexity index is 707. The largest absolute Gasteiger partial charge is 0.489 e. The quantitative estimate of drug-likeness (QED) is 0.793. The molecule has 2 aromatic carbocycles. The molecule has 0 heterocycles. The maximum Gasteiger partial charge on any atom is 0.337 e. The fourth-order valence-corrected chi connectivity index (χ4v) is 2.22. The zero-order chi connectivity index (χ0) is 15.2. The second kappa shape index (κ2) is 6.91. The highest BCUT2D eigenvalue weighted by atomic mass is 79.9. The molecule has 0 unspecified atom stereocenters. The van der Waals surface area contributed by atoms with E-state index in [1.165, 1.54) is 7.11 Å². The molecule has 0 bridgehead atoms. The van der Waals surface area contributed by atoms with E-state index >= 15 is 0 Å². The molecule has 0 aromatic heterocycles. The number of nitrogens with zero attached hydrogens (tertiary/aromatic N) is 1. The minimum Gasteiger partial charge on any atom is -0.489 e. The van der Waals surface area contributed by atoms with Crippen molar-refractivity contribution in [3.63, 3.8) is 0 Å². The molecule has 0 radical (unpaired) electrons. The van der Waals surface area contributed by atoms with Gasteiger partial charge < -0.3 is 9.47 Å². The van der Waals surface area contributed by atoms with Crippen LogP contribution < -0.4 is 4.74 Å². The van der Waals surface area contributed by atoms with Gasteiger partial charge in [0.2, 0.25) is 0 Å². The summed E-state index contributed by atoms with van der Waals surface area (Å²) in [5.74, 6) is 0.239. The Morgan fingerprint density at radius 2 is 2.10 bits per heavy atom. The van der Waals surface area contributed by atoms with E-state index in [-0.39, 0.29) is 5.97 Å². The van der Waals surface area contributed by atoms with Crippen molar-refractivity contribution >= 4 is 21.9 Å². The molecule has 5 heteroatoms. The Balaban J connectivity index is 2.10. The van der Waals surface area contributed by atoms with Crippen LogP contribution in [-0.2, 0) is 11.3 Å². The third kappa shape index (κ3) is 3.83. The normalized spacial score (nSPS) is 9.76. The van der Waals surface area contributed by atoms with Gasteiger partial charge in [-0.15, -0.1) is 0 Å². The fraction of sp³-hybridized carbons (Fsp3) is 0.125. The van der Waals surface area contributed by atoms with Crippen molar-refractivity contribution in [2.75, 3.05) is 7.11 Å². The molecular formula is C16H12BrNO3. The van der Waals surface area contributed by atoms with Crippen LogP contribution in [0.1, 0.15) is 21.5 Å². The molecule has 0 fully saturated rings. The van der Waals surface area contributed by atoms with Crippen LogP contribution in [-0.4, -0.2) is 13.1 Å². The summed E-state index contributed by atoms with van der Waals surface area (Å²) in [5.41, 5.74) is 1.91. The molecular weight excluding hydrogens is 334 g/mol. The summed E-state index contributed by atoms with van der Waals surface area (Å²) >= 11 is 3.41. The molecule has 2 aromatic rings. The van der Waals surface area contributed by atoms with E-state index in [2.05, 4.69) is 26.7 Å². The van der Waals surface area contributed by atoms with Crippen LogP contribution in [0.5, 0.6) is 5.75 Å². The smallest absolute Gasteiger partial charge is 0.337 e. The first-order valence-electron chi connectivity index (χ1n) is 6.13. The van der Waals surface area contributed by atoms with Crippen molar-refractivity contribution in [2.24, 2.45) is 0 Å². The van der Waals surface area contributed by atoms with Crippen LogP contribution in [0.4, 0.5) is 0 Å². The molecule has 0 saturated carbocycles. The molecule has 4 nitrogen and oxygen atoms in total. The molecule has 0 aliphatic heterocycles. The maximum atomic E-state index is 11.4. The summed E-state index contributed by atoms with van der Waals surface area (Å²) in [5, 5.41) is 8.84. The van der Waals surface area contributed by atoms with Crippen LogP contribution >= 0.6 is 15.9 Å². The highest BCUT2D eigenvalue weighted by molar-refractivity contribution is 9.10. The average Bonchev–Trinajstić information content (AvgIpc) is 2.53. The minimum absolute atomic E-state index is 0.330. The summed E-state index contributed by atoms with van der Waals surface area (Å²) in [4.78, 5) is 11.4. The van der Waals surface area contributed by atoms with E-state index in [0.29, 0.717) is 23.5 Å². The number of carbonyl (C=O) groups excluding carboxylic acids is 1. The van der Waals surface area contributed by atoms with Crippen molar-refractivity contribution in [3.8, 4) is 11.8 Å². The van der Waals surface area contributed by atoms with Gasteiger partial charge in [-0.1, -0.05) is 28.1 Å². The lowest BCUT2D eigenvalue weighted by Crippen LogP contribution is -2.03. The van der Waals surface area contributed by atoms with Crippen LogP contribution in [0.25, 0.3) is 0 Å². The standard InChI is InChI=1S/C16H12BrNO3/c1-20-16(19)12-5-6-13(15(17)8-12)10-21-14-4-2-3-11(7-14)9-18/h2-8H,10H2,1H3. The zero-order valence-electron chi connectivity index (χ0n) is 11.3. The monoisotopic (exact) mass is 345 g/mol. The Kier molecular flexibility index (Phi) is 4.96. The Hall–Kier alpha value is -2.32. The number of methoxy groups -OCH3 is 1. The van der Waals surface area contributed by atoms with Gasteiger partial charge in [0.05, 0.1) is 24.3 Å². The molecule has 106 valence electrons. The van der Waals surface area contributed by atoms with Gasteiger partial charge in [0.15, 0.2) is 0 Å². The van der Waals surface area contributed by atoms with Crippen molar-refractivity contribution in [3.05, 3.63) is 63.6 Å². The van der Waals surface area contributed by atoms with Crippen molar-refractivity contribution < 1.29 is 14.3 Å². The highest BCUT2D eigenvalue weighted by Gasteiger charge is 2.09. The Labute approximate surface area is 131 Å². The van der Waals surface area contributed by atoms with Crippen molar-refractivity contribution in [2.45, 2.75) is 6.61 Å². The minimum atomic E-state index is -0.384. The zero-order valence-corrected chi connectivity index (χ0v) is 12.9. The van der Waals surface area contributed by atoms with Gasteiger partial charge in [-0.3, -0.25) is 0 Å². The van der Waals surface area contributed by atoms with Crippen LogP contribution in [0, 0.1) is 11.3 Å². The first kappa shape index (κ1) is 15.1. The highest BCUT2D eigenvalue weighted by Crippen LogP contribution is 2.22. The molecule has 21 heavy (non-hydrogen) atoms. The first-order chi connectivity index (χ1) is 10.1. The summed E-state index contributed by atoms with van der Waals surface area (Å²) in [7, 11) is 1.34. The number of halogens is 1. The predicted molar refractivity (Wildman–Crippen MR) is 81.0 cm³/mol. The average molecular weight is 346 g/mol. The number of rotatable bonds is 4. The van der Waals surface area contributed by atoms with Gasteiger partial charge >= 0.3 is 5.97 Å². The third-order valence-electron chi connectivity index (χ3n) is 2.83. The van der Waals surface area contributed by atoms with E-state index in [4.69, 9.17) is 10.00 Å². The molecule has 0 atom stereocenters. The number of ether oxygens (including phenoxy) is 2. The van der Waals surface area contributed by atoms with Gasteiger partial charge in [0.25, 0.3) is 0 Å². The third-order valence-corrected chi connectivity index (χ3v) is 3.57. The van der Waals surface area contributed by atoms with Gasteiger partial charge in [0.1, 0.15) is 12.4 Å². The summed E-state index contributed by atoms with van der Waals surface area (Å²) in [6.07, 6.45) is 0. The SMILES string of the molecule is COC(=O)c1ccc(COc2cccc(C#N)c2)c(Br)c1. The number of benzene rings is 2. The van der Waals surface area contributed by atoms with Gasteiger partial charge in [-0.05, 0) is 30.3 Å². The van der Waals surface area contributed by atoms with Crippen LogP contribution in [0.2, 0.25) is 0 Å². The van der Waals surface area contributed by atoms with Crippen molar-refractivity contribution in [1.29, 1.82) is 5.26 Å². The second-order valence-electron chi connectivity index (χ2n) is 4.23. The molecule has 0 aliphatic carbocycles. The first-order valence-corrected chi connectivity index (χ1v) is 6.93. The topological polar surface area (TPSA) is 59.3 Å².